The highest BCUT2D eigenvalue weighted by atomic mass is 19.1. The summed E-state index contributed by atoms with van der Waals surface area (Å²) in [5, 5.41) is 8.05. The van der Waals surface area contributed by atoms with Gasteiger partial charge in [-0.1, -0.05) is 0 Å². The number of hydrogen-bond donors (Lipinski definition) is 1. The van der Waals surface area contributed by atoms with E-state index in [4.69, 9.17) is 0 Å². The number of rotatable bonds is 2. The largest absolute Gasteiger partial charge is 0.340 e. The Hall–Kier alpha value is -3.36. The Morgan fingerprint density at radius 3 is 3.04 bits per heavy atom. The molecule has 0 aliphatic carbocycles. The van der Waals surface area contributed by atoms with Crippen LogP contribution in [0.3, 0.4) is 0 Å². The normalized spacial score (nSPS) is 17.3. The van der Waals surface area contributed by atoms with Gasteiger partial charge in [0.1, 0.15) is 11.6 Å². The second-order valence-corrected chi connectivity index (χ2v) is 6.70. The maximum Gasteiger partial charge on any atom is 0.292 e. The molecule has 5 rings (SSSR count). The molecule has 9 heteroatoms. The summed E-state index contributed by atoms with van der Waals surface area (Å²) in [4.78, 5) is 26.9. The third kappa shape index (κ3) is 2.54. The Morgan fingerprint density at radius 1 is 1.26 bits per heavy atom. The second kappa shape index (κ2) is 5.83. The monoisotopic (exact) mass is 365 g/mol. The van der Waals surface area contributed by atoms with E-state index in [1.807, 2.05) is 13.0 Å². The van der Waals surface area contributed by atoms with Gasteiger partial charge in [0, 0.05) is 18.4 Å². The molecule has 0 bridgehead atoms. The Bertz CT molecular complexity index is 1180. The van der Waals surface area contributed by atoms with Crippen molar-refractivity contribution in [2.45, 2.75) is 25.8 Å². The fourth-order valence-corrected chi connectivity index (χ4v) is 3.60. The molecule has 8 nitrogen and oxygen atoms in total. The van der Waals surface area contributed by atoms with Crippen LogP contribution in [0.15, 0.2) is 30.5 Å². The summed E-state index contributed by atoms with van der Waals surface area (Å²) >= 11 is 0. The number of hydrogen-bond acceptors (Lipinski definition) is 5. The number of imidazole rings is 1. The number of nitrogens with zero attached hydrogens (tertiary/aromatic N) is 6. The molecule has 1 N–H and O–H groups in total. The van der Waals surface area contributed by atoms with Gasteiger partial charge in [-0.05, 0) is 44.0 Å². The number of halogens is 1. The molecule has 1 aromatic carbocycles. The minimum absolute atomic E-state index is 0.210. The summed E-state index contributed by atoms with van der Waals surface area (Å²) in [7, 11) is 0. The average molecular weight is 365 g/mol. The molecule has 1 saturated heterocycles. The van der Waals surface area contributed by atoms with Crippen LogP contribution in [0.1, 0.15) is 41.0 Å². The van der Waals surface area contributed by atoms with E-state index in [1.54, 1.807) is 21.6 Å². The van der Waals surface area contributed by atoms with Crippen molar-refractivity contribution in [2.75, 3.05) is 6.54 Å². The minimum atomic E-state index is -0.324. The fraction of sp³-hybridized carbons (Fsp3) is 0.278. The van der Waals surface area contributed by atoms with Crippen LogP contribution in [0.5, 0.6) is 0 Å². The molecule has 1 atom stereocenters. The third-order valence-electron chi connectivity index (χ3n) is 4.90. The topological polar surface area (TPSA) is 92.1 Å². The molecule has 0 saturated carbocycles. The number of benzene rings is 1. The first-order valence-corrected chi connectivity index (χ1v) is 8.75. The van der Waals surface area contributed by atoms with Crippen molar-refractivity contribution < 1.29 is 9.18 Å². The summed E-state index contributed by atoms with van der Waals surface area (Å²) in [6.45, 7) is 2.46. The maximum absolute atomic E-state index is 13.5. The molecule has 0 unspecified atom stereocenters. The van der Waals surface area contributed by atoms with E-state index in [9.17, 15) is 9.18 Å². The van der Waals surface area contributed by atoms with Gasteiger partial charge >= 0.3 is 0 Å². The molecule has 27 heavy (non-hydrogen) atoms. The van der Waals surface area contributed by atoms with Crippen LogP contribution < -0.4 is 0 Å². The second-order valence-electron chi connectivity index (χ2n) is 6.70. The van der Waals surface area contributed by atoms with Crippen LogP contribution in [0, 0.1) is 12.7 Å². The predicted octanol–water partition coefficient (Wildman–Crippen LogP) is 2.43. The van der Waals surface area contributed by atoms with E-state index in [0.29, 0.717) is 29.2 Å². The van der Waals surface area contributed by atoms with Gasteiger partial charge in [-0.2, -0.15) is 0 Å². The van der Waals surface area contributed by atoms with Gasteiger partial charge < -0.3 is 9.88 Å². The van der Waals surface area contributed by atoms with Gasteiger partial charge in [0.15, 0.2) is 0 Å². The molecule has 1 fully saturated rings. The van der Waals surface area contributed by atoms with Crippen LogP contribution in [0.4, 0.5) is 4.39 Å². The van der Waals surface area contributed by atoms with E-state index in [-0.39, 0.29) is 23.6 Å². The van der Waals surface area contributed by atoms with Gasteiger partial charge in [-0.25, -0.2) is 14.4 Å². The SMILES string of the molecule is Cc1ccn2c(C(=O)N3CCC[C@@H]3c3nc4ccc(F)cc4[nH]3)nnc2n1. The van der Waals surface area contributed by atoms with Crippen molar-refractivity contribution in [3.63, 3.8) is 0 Å². The molecule has 0 spiro atoms. The first-order valence-electron chi connectivity index (χ1n) is 8.75. The predicted molar refractivity (Wildman–Crippen MR) is 94.6 cm³/mol. The van der Waals surface area contributed by atoms with Gasteiger partial charge in [0.25, 0.3) is 11.7 Å². The van der Waals surface area contributed by atoms with Crippen molar-refractivity contribution in [1.29, 1.82) is 0 Å². The van der Waals surface area contributed by atoms with Crippen molar-refractivity contribution in [1.82, 2.24) is 34.4 Å². The molecule has 136 valence electrons. The van der Waals surface area contributed by atoms with E-state index < -0.39 is 0 Å². The Morgan fingerprint density at radius 2 is 2.15 bits per heavy atom. The lowest BCUT2D eigenvalue weighted by Gasteiger charge is -2.22. The number of aryl methyl sites for hydroxylation is 1. The van der Waals surface area contributed by atoms with Crippen LogP contribution in [-0.2, 0) is 0 Å². The van der Waals surface area contributed by atoms with E-state index in [1.165, 1.54) is 12.1 Å². The van der Waals surface area contributed by atoms with Crippen molar-refractivity contribution in [3.05, 3.63) is 53.6 Å². The van der Waals surface area contributed by atoms with E-state index in [2.05, 4.69) is 25.1 Å². The highest BCUT2D eigenvalue weighted by Crippen LogP contribution is 2.32. The summed E-state index contributed by atoms with van der Waals surface area (Å²) < 4.78 is 15.1. The van der Waals surface area contributed by atoms with Crippen LogP contribution >= 0.6 is 0 Å². The highest BCUT2D eigenvalue weighted by Gasteiger charge is 2.34. The molecule has 1 aliphatic heterocycles. The standard InChI is InChI=1S/C18H16FN7O/c1-10-6-8-26-16(23-24-18(26)20-10)17(27)25-7-2-3-14(25)15-21-12-5-4-11(19)9-13(12)22-15/h4-6,8-9,14H,2-3,7H2,1H3,(H,21,22)/t14-/m1/s1. The fourth-order valence-electron chi connectivity index (χ4n) is 3.60. The van der Waals surface area contributed by atoms with Gasteiger partial charge in [0.2, 0.25) is 5.82 Å². The van der Waals surface area contributed by atoms with Crippen molar-refractivity contribution in [2.24, 2.45) is 0 Å². The first kappa shape index (κ1) is 15.9. The summed E-state index contributed by atoms with van der Waals surface area (Å²) in [5.41, 5.74) is 2.11. The molecule has 0 radical (unpaired) electrons. The Labute approximate surface area is 153 Å². The molecule has 4 heterocycles. The van der Waals surface area contributed by atoms with Crippen molar-refractivity contribution >= 4 is 22.7 Å². The lowest BCUT2D eigenvalue weighted by Crippen LogP contribution is -2.32. The van der Waals surface area contributed by atoms with Gasteiger partial charge in [-0.15, -0.1) is 10.2 Å². The summed E-state index contributed by atoms with van der Waals surface area (Å²) in [6.07, 6.45) is 3.39. The average Bonchev–Trinajstić information content (AvgIpc) is 3.37. The summed E-state index contributed by atoms with van der Waals surface area (Å²) in [6, 6.07) is 6.02. The lowest BCUT2D eigenvalue weighted by molar-refractivity contribution is 0.0716. The number of carbonyl (C=O) groups is 1. The van der Waals surface area contributed by atoms with E-state index >= 15 is 0 Å². The number of likely N-dealkylation sites (tertiary alicyclic amines) is 1. The van der Waals surface area contributed by atoms with Crippen LogP contribution in [-0.4, -0.2) is 46.9 Å². The molecule has 1 amide bonds. The lowest BCUT2D eigenvalue weighted by atomic mass is 10.2. The maximum atomic E-state index is 13.5. The number of fused-ring (bicyclic) bond motifs is 2. The third-order valence-corrected chi connectivity index (χ3v) is 4.90. The zero-order valence-electron chi connectivity index (χ0n) is 14.6. The Balaban J connectivity index is 1.51. The zero-order valence-corrected chi connectivity index (χ0v) is 14.6. The molecule has 4 aromatic rings. The van der Waals surface area contributed by atoms with Gasteiger partial charge in [0.05, 0.1) is 17.1 Å². The number of nitrogens with one attached hydrogen (secondary N) is 1. The minimum Gasteiger partial charge on any atom is -0.340 e. The number of carbonyl (C=O) groups excluding carboxylic acids is 1. The smallest absolute Gasteiger partial charge is 0.292 e. The van der Waals surface area contributed by atoms with Crippen LogP contribution in [0.25, 0.3) is 16.8 Å². The number of H-pyrrole nitrogens is 1. The molecular formula is C18H16FN7O. The quantitative estimate of drug-likeness (QED) is 0.589. The molecular weight excluding hydrogens is 349 g/mol. The van der Waals surface area contributed by atoms with E-state index in [0.717, 1.165) is 18.5 Å². The highest BCUT2D eigenvalue weighted by molar-refractivity contribution is 5.91. The van der Waals surface area contributed by atoms with Gasteiger partial charge in [-0.3, -0.25) is 9.20 Å². The number of amides is 1. The van der Waals surface area contributed by atoms with Crippen molar-refractivity contribution in [3.8, 4) is 0 Å². The molecule has 3 aromatic heterocycles. The number of aromatic nitrogens is 6. The Kier molecular flexibility index (Phi) is 3.43. The molecule has 1 aliphatic rings. The van der Waals surface area contributed by atoms with Crippen LogP contribution in [0.2, 0.25) is 0 Å². The summed E-state index contributed by atoms with van der Waals surface area (Å²) in [5.74, 6) is 0.737. The first-order chi connectivity index (χ1) is 13.1. The zero-order chi connectivity index (χ0) is 18.5. The number of aromatic amines is 1.